The van der Waals surface area contributed by atoms with Crippen LogP contribution in [0.25, 0.3) is 0 Å². The van der Waals surface area contributed by atoms with E-state index >= 15 is 0 Å². The van der Waals surface area contributed by atoms with E-state index in [4.69, 9.17) is 11.6 Å². The Morgan fingerprint density at radius 3 is 2.71 bits per heavy atom. The van der Waals surface area contributed by atoms with Gasteiger partial charge in [0.05, 0.1) is 17.8 Å². The van der Waals surface area contributed by atoms with Gasteiger partial charge in [0.25, 0.3) is 6.43 Å². The Morgan fingerprint density at radius 1 is 1.52 bits per heavy atom. The molecule has 0 spiro atoms. The Kier molecular flexibility index (Phi) is 4.76. The van der Waals surface area contributed by atoms with Crippen molar-refractivity contribution in [2.75, 3.05) is 13.7 Å². The van der Waals surface area contributed by atoms with E-state index in [9.17, 15) is 18.4 Å². The van der Waals surface area contributed by atoms with Crippen molar-refractivity contribution in [3.63, 3.8) is 0 Å². The van der Waals surface area contributed by atoms with E-state index in [0.717, 1.165) is 12.8 Å². The van der Waals surface area contributed by atoms with Crippen molar-refractivity contribution in [3.05, 3.63) is 16.4 Å². The molecular formula is C12H14ClF2N3O3. The summed E-state index contributed by atoms with van der Waals surface area (Å²) >= 11 is 5.92. The fourth-order valence-electron chi connectivity index (χ4n) is 1.91. The molecule has 0 atom stereocenters. The lowest BCUT2D eigenvalue weighted by Gasteiger charge is -2.07. The van der Waals surface area contributed by atoms with Gasteiger partial charge in [-0.1, -0.05) is 11.6 Å². The highest BCUT2D eigenvalue weighted by atomic mass is 35.5. The highest BCUT2D eigenvalue weighted by molar-refractivity contribution is 6.32. The van der Waals surface area contributed by atoms with E-state index in [-0.39, 0.29) is 24.0 Å². The van der Waals surface area contributed by atoms with Gasteiger partial charge in [-0.3, -0.25) is 14.3 Å². The molecule has 9 heteroatoms. The van der Waals surface area contributed by atoms with Crippen molar-refractivity contribution in [1.29, 1.82) is 0 Å². The van der Waals surface area contributed by atoms with Crippen LogP contribution in [0.4, 0.5) is 8.78 Å². The van der Waals surface area contributed by atoms with E-state index < -0.39 is 24.0 Å². The van der Waals surface area contributed by atoms with E-state index in [1.54, 1.807) is 0 Å². The smallest absolute Gasteiger partial charge is 0.325 e. The van der Waals surface area contributed by atoms with Crippen LogP contribution >= 0.6 is 11.6 Å². The van der Waals surface area contributed by atoms with Gasteiger partial charge in [0, 0.05) is 5.92 Å². The lowest BCUT2D eigenvalue weighted by atomic mass is 10.2. The van der Waals surface area contributed by atoms with Crippen LogP contribution in [0.5, 0.6) is 0 Å². The molecule has 21 heavy (non-hydrogen) atoms. The summed E-state index contributed by atoms with van der Waals surface area (Å²) in [6, 6.07) is 0. The van der Waals surface area contributed by atoms with Gasteiger partial charge in [-0.2, -0.15) is 5.10 Å². The van der Waals surface area contributed by atoms with Gasteiger partial charge >= 0.3 is 5.97 Å². The summed E-state index contributed by atoms with van der Waals surface area (Å²) in [5, 5.41) is 5.96. The summed E-state index contributed by atoms with van der Waals surface area (Å²) in [5.74, 6) is -1.06. The third-order valence-electron chi connectivity index (χ3n) is 3.08. The molecule has 1 aromatic heterocycles. The molecule has 0 aliphatic heterocycles. The van der Waals surface area contributed by atoms with Crippen molar-refractivity contribution in [2.24, 2.45) is 0 Å². The maximum absolute atomic E-state index is 12.8. The molecule has 1 aliphatic carbocycles. The summed E-state index contributed by atoms with van der Waals surface area (Å²) < 4.78 is 31.2. The minimum atomic E-state index is -2.80. The number of halogens is 3. The SMILES string of the molecule is COC(=O)CNC(=O)Cn1nc(C(F)F)c(Cl)c1C1CC1. The minimum Gasteiger partial charge on any atom is -0.468 e. The number of amides is 1. The molecule has 0 radical (unpaired) electrons. The van der Waals surface area contributed by atoms with Crippen LogP contribution in [0.3, 0.4) is 0 Å². The Hall–Kier alpha value is -1.70. The number of carbonyl (C=O) groups excluding carboxylic acids is 2. The second-order valence-electron chi connectivity index (χ2n) is 4.67. The molecule has 1 N–H and O–H groups in total. The summed E-state index contributed by atoms with van der Waals surface area (Å²) in [6.07, 6.45) is -1.13. The van der Waals surface area contributed by atoms with Crippen LogP contribution in [-0.4, -0.2) is 35.3 Å². The first kappa shape index (κ1) is 15.7. The van der Waals surface area contributed by atoms with Gasteiger partial charge in [0.1, 0.15) is 18.8 Å². The van der Waals surface area contributed by atoms with Crippen LogP contribution in [0.1, 0.15) is 36.6 Å². The zero-order chi connectivity index (χ0) is 15.6. The third-order valence-corrected chi connectivity index (χ3v) is 3.47. The summed E-state index contributed by atoms with van der Waals surface area (Å²) in [4.78, 5) is 22.6. The number of carbonyl (C=O) groups is 2. The first-order valence-corrected chi connectivity index (χ1v) is 6.69. The predicted octanol–water partition coefficient (Wildman–Crippen LogP) is 1.64. The first-order valence-electron chi connectivity index (χ1n) is 6.31. The molecule has 116 valence electrons. The van der Waals surface area contributed by atoms with Gasteiger partial charge in [-0.25, -0.2) is 8.78 Å². The topological polar surface area (TPSA) is 73.2 Å². The zero-order valence-electron chi connectivity index (χ0n) is 11.2. The molecule has 2 rings (SSSR count). The molecule has 1 saturated carbocycles. The molecular weight excluding hydrogens is 308 g/mol. The van der Waals surface area contributed by atoms with E-state index in [2.05, 4.69) is 15.2 Å². The molecule has 6 nitrogen and oxygen atoms in total. The molecule has 0 saturated heterocycles. The predicted molar refractivity (Wildman–Crippen MR) is 69.2 cm³/mol. The Bertz CT molecular complexity index is 558. The van der Waals surface area contributed by atoms with Crippen molar-refractivity contribution in [3.8, 4) is 0 Å². The number of rotatable bonds is 6. The molecule has 0 bridgehead atoms. The maximum Gasteiger partial charge on any atom is 0.325 e. The normalized spacial score (nSPS) is 14.3. The fraction of sp³-hybridized carbons (Fsp3) is 0.583. The molecule has 1 fully saturated rings. The average Bonchev–Trinajstić information content (AvgIpc) is 3.21. The zero-order valence-corrected chi connectivity index (χ0v) is 12.0. The van der Waals surface area contributed by atoms with E-state index in [1.807, 2.05) is 0 Å². The third kappa shape index (κ3) is 3.69. The second kappa shape index (κ2) is 6.38. The molecule has 0 aromatic carbocycles. The first-order chi connectivity index (χ1) is 9.93. The van der Waals surface area contributed by atoms with E-state index in [1.165, 1.54) is 11.8 Å². The average molecular weight is 322 g/mol. The lowest BCUT2D eigenvalue weighted by molar-refractivity contribution is -0.141. The van der Waals surface area contributed by atoms with Crippen molar-refractivity contribution in [2.45, 2.75) is 31.7 Å². The van der Waals surface area contributed by atoms with Gasteiger partial charge in [-0.15, -0.1) is 0 Å². The molecule has 1 amide bonds. The lowest BCUT2D eigenvalue weighted by Crippen LogP contribution is -2.33. The van der Waals surface area contributed by atoms with Crippen LogP contribution < -0.4 is 5.32 Å². The Morgan fingerprint density at radius 2 is 2.19 bits per heavy atom. The van der Waals surface area contributed by atoms with Crippen molar-refractivity contribution < 1.29 is 23.1 Å². The van der Waals surface area contributed by atoms with Gasteiger partial charge in [0.2, 0.25) is 5.91 Å². The molecule has 1 aromatic rings. The van der Waals surface area contributed by atoms with Crippen LogP contribution in [0, 0.1) is 0 Å². The van der Waals surface area contributed by atoms with Crippen LogP contribution in [0.2, 0.25) is 5.02 Å². The van der Waals surface area contributed by atoms with Crippen molar-refractivity contribution >= 4 is 23.5 Å². The number of methoxy groups -OCH3 is 1. The number of hydrogen-bond acceptors (Lipinski definition) is 4. The highest BCUT2D eigenvalue weighted by Gasteiger charge is 2.34. The second-order valence-corrected chi connectivity index (χ2v) is 5.05. The molecule has 1 aliphatic rings. The number of alkyl halides is 2. The number of nitrogens with zero attached hydrogens (tertiary/aromatic N) is 2. The van der Waals surface area contributed by atoms with Crippen LogP contribution in [0.15, 0.2) is 0 Å². The standard InChI is InChI=1S/C12H14ClF2N3O3/c1-21-8(20)4-16-7(19)5-18-11(6-2-3-6)9(13)10(17-18)12(14)15/h6,12H,2-5H2,1H3,(H,16,19). The van der Waals surface area contributed by atoms with E-state index in [0.29, 0.717) is 5.69 Å². The number of hydrogen-bond donors (Lipinski definition) is 1. The fourth-order valence-corrected chi connectivity index (χ4v) is 2.29. The monoisotopic (exact) mass is 321 g/mol. The largest absolute Gasteiger partial charge is 0.468 e. The Balaban J connectivity index is 2.10. The van der Waals surface area contributed by atoms with Crippen LogP contribution in [-0.2, 0) is 20.9 Å². The Labute approximate surface area is 124 Å². The number of esters is 1. The summed E-state index contributed by atoms with van der Waals surface area (Å²) in [5.41, 5.74) is -0.0560. The highest BCUT2D eigenvalue weighted by Crippen LogP contribution is 2.45. The van der Waals surface area contributed by atoms with Gasteiger partial charge < -0.3 is 10.1 Å². The van der Waals surface area contributed by atoms with Gasteiger partial charge in [-0.05, 0) is 12.8 Å². The van der Waals surface area contributed by atoms with Gasteiger partial charge in [0.15, 0.2) is 0 Å². The minimum absolute atomic E-state index is 0.0610. The maximum atomic E-state index is 12.8. The van der Waals surface area contributed by atoms with Crippen molar-refractivity contribution in [1.82, 2.24) is 15.1 Å². The number of aromatic nitrogens is 2. The number of ether oxygens (including phenoxy) is 1. The quantitative estimate of drug-likeness (QED) is 0.808. The molecule has 0 unspecified atom stereocenters. The number of nitrogens with one attached hydrogen (secondary N) is 1. The summed E-state index contributed by atoms with van der Waals surface area (Å²) in [6.45, 7) is -0.555. The summed E-state index contributed by atoms with van der Waals surface area (Å²) in [7, 11) is 1.20. The molecule has 1 heterocycles.